The largest absolute Gasteiger partial charge is 0.337 e. The van der Waals surface area contributed by atoms with E-state index in [4.69, 9.17) is 23.2 Å². The van der Waals surface area contributed by atoms with Gasteiger partial charge in [-0.25, -0.2) is 14.3 Å². The Morgan fingerprint density at radius 2 is 1.79 bits per heavy atom. The van der Waals surface area contributed by atoms with Crippen molar-refractivity contribution < 1.29 is 0 Å². The summed E-state index contributed by atoms with van der Waals surface area (Å²) in [5, 5.41) is 1.15. The van der Waals surface area contributed by atoms with Crippen molar-refractivity contribution in [2.45, 2.75) is 13.1 Å². The molecule has 0 aliphatic heterocycles. The van der Waals surface area contributed by atoms with E-state index in [9.17, 15) is 9.59 Å². The minimum atomic E-state index is -0.488. The molecule has 0 bridgehead atoms. The molecule has 0 N–H and O–H groups in total. The molecular weight excluding hydrogens is 411 g/mol. The van der Waals surface area contributed by atoms with Gasteiger partial charge in [-0.15, -0.1) is 6.58 Å². The van der Waals surface area contributed by atoms with Crippen molar-refractivity contribution >= 4 is 34.4 Å². The fourth-order valence-electron chi connectivity index (χ4n) is 3.24. The molecule has 0 saturated heterocycles. The molecule has 0 fully saturated rings. The van der Waals surface area contributed by atoms with Gasteiger partial charge < -0.3 is 4.57 Å². The highest BCUT2D eigenvalue weighted by Crippen LogP contribution is 2.18. The van der Waals surface area contributed by atoms with Gasteiger partial charge in [0.15, 0.2) is 11.2 Å². The molecule has 0 radical (unpaired) electrons. The lowest BCUT2D eigenvalue weighted by molar-refractivity contribution is 0.690. The summed E-state index contributed by atoms with van der Waals surface area (Å²) in [7, 11) is 0. The van der Waals surface area contributed by atoms with Crippen LogP contribution >= 0.6 is 23.2 Å². The minimum Gasteiger partial charge on any atom is -0.320 e. The Kier molecular flexibility index (Phi) is 5.13. The van der Waals surface area contributed by atoms with E-state index in [1.54, 1.807) is 41.2 Å². The summed E-state index contributed by atoms with van der Waals surface area (Å²) >= 11 is 12.1. The molecule has 29 heavy (non-hydrogen) atoms. The van der Waals surface area contributed by atoms with Gasteiger partial charge in [-0.1, -0.05) is 41.4 Å². The quantitative estimate of drug-likeness (QED) is 0.454. The lowest BCUT2D eigenvalue weighted by Gasteiger charge is -2.12. The molecule has 2 aromatic carbocycles. The number of rotatable bonds is 5. The zero-order valence-corrected chi connectivity index (χ0v) is 16.8. The number of hydrogen-bond acceptors (Lipinski definition) is 3. The van der Waals surface area contributed by atoms with Crippen LogP contribution in [0, 0.1) is 0 Å². The first-order chi connectivity index (χ1) is 14.0. The van der Waals surface area contributed by atoms with E-state index in [1.807, 2.05) is 18.2 Å². The van der Waals surface area contributed by atoms with Crippen molar-refractivity contribution in [2.24, 2.45) is 0 Å². The van der Waals surface area contributed by atoms with Gasteiger partial charge in [0.05, 0.1) is 12.0 Å². The molecule has 2 aromatic heterocycles. The van der Waals surface area contributed by atoms with E-state index in [0.29, 0.717) is 27.8 Å². The predicted octanol–water partition coefficient (Wildman–Crippen LogP) is 3.89. The Morgan fingerprint density at radius 3 is 2.48 bits per heavy atom. The van der Waals surface area contributed by atoms with Crippen LogP contribution in [0.4, 0.5) is 0 Å². The average molecular weight is 427 g/mol. The highest BCUT2D eigenvalue weighted by Gasteiger charge is 2.19. The number of allylic oxidation sites excluding steroid dienone is 1. The molecule has 2 heterocycles. The SMILES string of the molecule is C=CCn1c(=O)c2c(ncn2Cc2cccc(Cl)c2)n(-c2ccc(Cl)cc2)c1=O. The highest BCUT2D eigenvalue weighted by molar-refractivity contribution is 6.30. The number of imidazole rings is 1. The number of nitrogens with zero attached hydrogens (tertiary/aromatic N) is 4. The minimum absolute atomic E-state index is 0.0868. The number of fused-ring (bicyclic) bond motifs is 1. The molecule has 6 nitrogen and oxygen atoms in total. The fourth-order valence-corrected chi connectivity index (χ4v) is 3.58. The zero-order chi connectivity index (χ0) is 20.5. The van der Waals surface area contributed by atoms with Gasteiger partial charge in [-0.3, -0.25) is 9.36 Å². The normalized spacial score (nSPS) is 11.1. The van der Waals surface area contributed by atoms with E-state index in [-0.39, 0.29) is 12.2 Å². The zero-order valence-electron chi connectivity index (χ0n) is 15.3. The molecule has 8 heteroatoms. The van der Waals surface area contributed by atoms with Crippen molar-refractivity contribution in [3.63, 3.8) is 0 Å². The van der Waals surface area contributed by atoms with Crippen LogP contribution in [0.15, 0.2) is 77.1 Å². The van der Waals surface area contributed by atoms with Gasteiger partial charge in [0.25, 0.3) is 5.56 Å². The Morgan fingerprint density at radius 1 is 1.03 bits per heavy atom. The molecule has 0 unspecified atom stereocenters. The summed E-state index contributed by atoms with van der Waals surface area (Å²) in [6.45, 7) is 4.13. The van der Waals surface area contributed by atoms with Crippen LogP contribution in [0.1, 0.15) is 5.56 Å². The first-order valence-corrected chi connectivity index (χ1v) is 9.57. The van der Waals surface area contributed by atoms with Crippen LogP contribution in [0.2, 0.25) is 10.0 Å². The maximum Gasteiger partial charge on any atom is 0.337 e. The molecule has 0 spiro atoms. The van der Waals surface area contributed by atoms with Gasteiger partial charge in [-0.2, -0.15) is 0 Å². The Labute approximate surface area is 175 Å². The summed E-state index contributed by atoms with van der Waals surface area (Å²) in [5.41, 5.74) is 1.17. The predicted molar refractivity (Wildman–Crippen MR) is 115 cm³/mol. The monoisotopic (exact) mass is 426 g/mol. The molecule has 0 saturated carbocycles. The maximum absolute atomic E-state index is 13.1. The van der Waals surface area contributed by atoms with Crippen molar-refractivity contribution in [3.8, 4) is 5.69 Å². The second-order valence-corrected chi connectivity index (χ2v) is 7.35. The van der Waals surface area contributed by atoms with Crippen LogP contribution in [0.3, 0.4) is 0 Å². The van der Waals surface area contributed by atoms with Crippen molar-refractivity contribution in [1.82, 2.24) is 18.7 Å². The first-order valence-electron chi connectivity index (χ1n) is 8.81. The van der Waals surface area contributed by atoms with Crippen LogP contribution in [-0.4, -0.2) is 18.7 Å². The Balaban J connectivity index is 1.99. The van der Waals surface area contributed by atoms with Crippen molar-refractivity contribution in [2.75, 3.05) is 0 Å². The van der Waals surface area contributed by atoms with Gasteiger partial charge in [-0.05, 0) is 42.0 Å². The molecule has 0 amide bonds. The number of halogens is 2. The lowest BCUT2D eigenvalue weighted by atomic mass is 10.2. The van der Waals surface area contributed by atoms with E-state index >= 15 is 0 Å². The third-order valence-electron chi connectivity index (χ3n) is 4.54. The Bertz CT molecular complexity index is 1330. The van der Waals surface area contributed by atoms with Crippen molar-refractivity contribution in [3.05, 3.63) is 104 Å². The summed E-state index contributed by atoms with van der Waals surface area (Å²) < 4.78 is 4.26. The average Bonchev–Trinajstić information content (AvgIpc) is 3.10. The van der Waals surface area contributed by atoms with Crippen LogP contribution in [0.25, 0.3) is 16.9 Å². The molecular formula is C21H16Cl2N4O2. The number of benzene rings is 2. The molecule has 0 aliphatic rings. The summed E-state index contributed by atoms with van der Waals surface area (Å²) in [6, 6.07) is 14.1. The van der Waals surface area contributed by atoms with E-state index in [2.05, 4.69) is 11.6 Å². The molecule has 146 valence electrons. The molecule has 4 rings (SSSR count). The highest BCUT2D eigenvalue weighted by atomic mass is 35.5. The topological polar surface area (TPSA) is 61.8 Å². The second kappa shape index (κ2) is 7.73. The van der Waals surface area contributed by atoms with Gasteiger partial charge in [0.1, 0.15) is 0 Å². The fraction of sp³-hybridized carbons (Fsp3) is 0.0952. The van der Waals surface area contributed by atoms with Gasteiger partial charge >= 0.3 is 5.69 Å². The molecule has 0 aliphatic carbocycles. The molecule has 0 atom stereocenters. The van der Waals surface area contributed by atoms with E-state index < -0.39 is 11.2 Å². The standard InChI is InChI=1S/C21H16Cl2N4O2/c1-2-10-26-20(28)18-19(27(21(26)29)17-8-6-15(22)7-9-17)24-13-25(18)12-14-4-3-5-16(23)11-14/h2-9,11,13H,1,10,12H2. The van der Waals surface area contributed by atoms with E-state index in [0.717, 1.165) is 10.1 Å². The maximum atomic E-state index is 13.1. The van der Waals surface area contributed by atoms with Crippen LogP contribution in [-0.2, 0) is 13.1 Å². The van der Waals surface area contributed by atoms with Gasteiger partial charge in [0, 0.05) is 23.1 Å². The van der Waals surface area contributed by atoms with Gasteiger partial charge in [0.2, 0.25) is 0 Å². The van der Waals surface area contributed by atoms with E-state index in [1.165, 1.54) is 10.6 Å². The first kappa shape index (κ1) is 19.2. The Hall–Kier alpha value is -3.09. The summed E-state index contributed by atoms with van der Waals surface area (Å²) in [6.07, 6.45) is 3.07. The van der Waals surface area contributed by atoms with Crippen LogP contribution < -0.4 is 11.2 Å². The smallest absolute Gasteiger partial charge is 0.320 e. The lowest BCUT2D eigenvalue weighted by Crippen LogP contribution is -2.39. The number of aromatic nitrogens is 4. The third-order valence-corrected chi connectivity index (χ3v) is 5.03. The summed E-state index contributed by atoms with van der Waals surface area (Å²) in [5.74, 6) is 0. The third kappa shape index (κ3) is 3.52. The molecule has 4 aromatic rings. The van der Waals surface area contributed by atoms with Crippen LogP contribution in [0.5, 0.6) is 0 Å². The second-order valence-electron chi connectivity index (χ2n) is 6.47. The summed E-state index contributed by atoms with van der Waals surface area (Å²) in [4.78, 5) is 30.6. The van der Waals surface area contributed by atoms with Crippen molar-refractivity contribution in [1.29, 1.82) is 0 Å². The number of hydrogen-bond donors (Lipinski definition) is 0.